The van der Waals surface area contributed by atoms with Crippen molar-refractivity contribution in [1.29, 1.82) is 0 Å². The van der Waals surface area contributed by atoms with Gasteiger partial charge in [-0.25, -0.2) is 9.67 Å². The number of hydrogen-bond donors (Lipinski definition) is 2. The van der Waals surface area contributed by atoms with E-state index < -0.39 is 0 Å². The van der Waals surface area contributed by atoms with E-state index in [-0.39, 0.29) is 23.4 Å². The van der Waals surface area contributed by atoms with E-state index in [2.05, 4.69) is 20.4 Å². The zero-order chi connectivity index (χ0) is 22.0. The van der Waals surface area contributed by atoms with E-state index in [4.69, 9.17) is 0 Å². The van der Waals surface area contributed by atoms with Crippen molar-refractivity contribution in [3.8, 4) is 11.4 Å². The molecule has 4 rings (SSSR count). The molecule has 0 aliphatic heterocycles. The summed E-state index contributed by atoms with van der Waals surface area (Å²) in [4.78, 5) is 44.0. The molecule has 0 bridgehead atoms. The first-order valence-electron chi connectivity index (χ1n) is 9.90. The van der Waals surface area contributed by atoms with Crippen LogP contribution in [0.15, 0.2) is 64.2 Å². The molecule has 4 aromatic rings. The molecule has 8 heteroatoms. The SMILES string of the molecule is CCc1cc(=O)[nH]c(-c2cccc(NC(=O)Cc3nn(C)c(=O)c4ccccc34)c2)n1. The summed E-state index contributed by atoms with van der Waals surface area (Å²) >= 11 is 0. The lowest BCUT2D eigenvalue weighted by Gasteiger charge is -2.10. The molecule has 1 amide bonds. The summed E-state index contributed by atoms with van der Waals surface area (Å²) in [5.74, 6) is 0.184. The van der Waals surface area contributed by atoms with Crippen molar-refractivity contribution in [1.82, 2.24) is 19.7 Å². The van der Waals surface area contributed by atoms with E-state index in [1.807, 2.05) is 19.1 Å². The van der Waals surface area contributed by atoms with Crippen molar-refractivity contribution >= 4 is 22.4 Å². The molecule has 8 nitrogen and oxygen atoms in total. The van der Waals surface area contributed by atoms with Crippen molar-refractivity contribution in [2.45, 2.75) is 19.8 Å². The lowest BCUT2D eigenvalue weighted by atomic mass is 10.1. The maximum atomic E-state index is 12.7. The number of amides is 1. The molecule has 31 heavy (non-hydrogen) atoms. The van der Waals surface area contributed by atoms with E-state index in [1.165, 1.54) is 10.7 Å². The smallest absolute Gasteiger partial charge is 0.274 e. The van der Waals surface area contributed by atoms with Gasteiger partial charge in [-0.3, -0.25) is 14.4 Å². The van der Waals surface area contributed by atoms with Gasteiger partial charge in [0.15, 0.2) is 0 Å². The summed E-state index contributed by atoms with van der Waals surface area (Å²) < 4.78 is 1.24. The fourth-order valence-corrected chi connectivity index (χ4v) is 3.43. The van der Waals surface area contributed by atoms with E-state index in [0.717, 1.165) is 0 Å². The molecule has 2 heterocycles. The summed E-state index contributed by atoms with van der Waals surface area (Å²) in [5, 5.41) is 8.31. The molecular weight excluding hydrogens is 394 g/mol. The molecule has 0 spiro atoms. The third kappa shape index (κ3) is 4.28. The zero-order valence-electron chi connectivity index (χ0n) is 17.2. The summed E-state index contributed by atoms with van der Waals surface area (Å²) in [5.41, 5.74) is 2.05. The first-order valence-corrected chi connectivity index (χ1v) is 9.90. The number of rotatable bonds is 5. The highest BCUT2D eigenvalue weighted by Gasteiger charge is 2.13. The molecule has 0 atom stereocenters. The van der Waals surface area contributed by atoms with Crippen molar-refractivity contribution in [2.75, 3.05) is 5.32 Å². The number of nitrogens with zero attached hydrogens (tertiary/aromatic N) is 3. The second kappa shape index (κ2) is 8.35. The third-order valence-corrected chi connectivity index (χ3v) is 4.94. The number of nitrogens with one attached hydrogen (secondary N) is 2. The monoisotopic (exact) mass is 415 g/mol. The fourth-order valence-electron chi connectivity index (χ4n) is 3.43. The van der Waals surface area contributed by atoms with Gasteiger partial charge in [-0.05, 0) is 24.6 Å². The second-order valence-electron chi connectivity index (χ2n) is 7.17. The van der Waals surface area contributed by atoms with Crippen LogP contribution in [0, 0.1) is 0 Å². The number of carbonyl (C=O) groups excluding carboxylic acids is 1. The van der Waals surface area contributed by atoms with Crippen molar-refractivity contribution in [2.24, 2.45) is 7.05 Å². The van der Waals surface area contributed by atoms with E-state index in [9.17, 15) is 14.4 Å². The van der Waals surface area contributed by atoms with Gasteiger partial charge in [0.05, 0.1) is 17.5 Å². The number of fused-ring (bicyclic) bond motifs is 1. The second-order valence-corrected chi connectivity index (χ2v) is 7.17. The van der Waals surface area contributed by atoms with Crippen LogP contribution in [0.5, 0.6) is 0 Å². The number of anilines is 1. The number of aryl methyl sites for hydroxylation is 2. The van der Waals surface area contributed by atoms with E-state index in [0.29, 0.717) is 45.7 Å². The molecule has 156 valence electrons. The first kappa shape index (κ1) is 20.2. The first-order chi connectivity index (χ1) is 14.9. The lowest BCUT2D eigenvalue weighted by Crippen LogP contribution is -2.24. The predicted octanol–water partition coefficient (Wildman–Crippen LogP) is 2.43. The average molecular weight is 415 g/mol. The fraction of sp³-hybridized carbons (Fsp3) is 0.174. The number of H-pyrrole nitrogens is 1. The van der Waals surface area contributed by atoms with Crippen LogP contribution in [-0.2, 0) is 24.7 Å². The Hall–Kier alpha value is -4.07. The quantitative estimate of drug-likeness (QED) is 0.520. The molecule has 0 unspecified atom stereocenters. The number of aromatic nitrogens is 4. The van der Waals surface area contributed by atoms with Gasteiger partial charge in [0, 0.05) is 35.4 Å². The Morgan fingerprint density at radius 1 is 1.06 bits per heavy atom. The lowest BCUT2D eigenvalue weighted by molar-refractivity contribution is -0.115. The highest BCUT2D eigenvalue weighted by Crippen LogP contribution is 2.20. The van der Waals surface area contributed by atoms with Crippen molar-refractivity contribution in [3.63, 3.8) is 0 Å². The minimum atomic E-state index is -0.266. The van der Waals surface area contributed by atoms with Crippen LogP contribution in [0.25, 0.3) is 22.2 Å². The van der Waals surface area contributed by atoms with Crippen LogP contribution in [0.2, 0.25) is 0 Å². The van der Waals surface area contributed by atoms with Crippen LogP contribution in [0.4, 0.5) is 5.69 Å². The Bertz CT molecular complexity index is 1400. The van der Waals surface area contributed by atoms with Gasteiger partial charge in [-0.1, -0.05) is 37.3 Å². The molecule has 0 fully saturated rings. The molecule has 2 N–H and O–H groups in total. The van der Waals surface area contributed by atoms with Gasteiger partial charge in [0.25, 0.3) is 11.1 Å². The Labute approximate surface area is 177 Å². The normalized spacial score (nSPS) is 10.9. The van der Waals surface area contributed by atoms with Gasteiger partial charge in [-0.15, -0.1) is 0 Å². The maximum Gasteiger partial charge on any atom is 0.274 e. The van der Waals surface area contributed by atoms with Gasteiger partial charge in [0.1, 0.15) is 5.82 Å². The number of aromatic amines is 1. The van der Waals surface area contributed by atoms with Gasteiger partial charge >= 0.3 is 0 Å². The van der Waals surface area contributed by atoms with Gasteiger partial charge in [0.2, 0.25) is 5.91 Å². The number of hydrogen-bond acceptors (Lipinski definition) is 5. The average Bonchev–Trinajstić information content (AvgIpc) is 2.77. The largest absolute Gasteiger partial charge is 0.326 e. The third-order valence-electron chi connectivity index (χ3n) is 4.94. The molecular formula is C23H21N5O3. The van der Waals surface area contributed by atoms with E-state index in [1.54, 1.807) is 43.4 Å². The number of carbonyl (C=O) groups is 1. The minimum Gasteiger partial charge on any atom is -0.326 e. The molecule has 2 aromatic carbocycles. The molecule has 2 aromatic heterocycles. The standard InChI is InChI=1S/C23H21N5O3/c1-3-15-12-20(29)26-22(25-15)14-7-6-8-16(11-14)24-21(30)13-19-17-9-4-5-10-18(17)23(31)28(2)27-19/h4-12H,3,13H2,1-2H3,(H,24,30)(H,25,26,29). The van der Waals surface area contributed by atoms with Crippen LogP contribution < -0.4 is 16.4 Å². The van der Waals surface area contributed by atoms with Crippen molar-refractivity contribution in [3.05, 3.63) is 86.7 Å². The van der Waals surface area contributed by atoms with Crippen molar-refractivity contribution < 1.29 is 4.79 Å². The molecule has 0 radical (unpaired) electrons. The predicted molar refractivity (Wildman–Crippen MR) is 119 cm³/mol. The van der Waals surface area contributed by atoms with Crippen LogP contribution in [0.3, 0.4) is 0 Å². The zero-order valence-corrected chi connectivity index (χ0v) is 17.2. The molecule has 0 saturated heterocycles. The Morgan fingerprint density at radius 2 is 1.84 bits per heavy atom. The minimum absolute atomic E-state index is 0.0132. The van der Waals surface area contributed by atoms with Crippen LogP contribution in [-0.4, -0.2) is 25.7 Å². The summed E-state index contributed by atoms with van der Waals surface area (Å²) in [6.45, 7) is 1.93. The number of benzene rings is 2. The molecule has 0 aliphatic rings. The van der Waals surface area contributed by atoms with Gasteiger partial charge < -0.3 is 10.3 Å². The molecule has 0 saturated carbocycles. The van der Waals surface area contributed by atoms with Crippen LogP contribution in [0.1, 0.15) is 18.3 Å². The maximum absolute atomic E-state index is 12.7. The van der Waals surface area contributed by atoms with Gasteiger partial charge in [-0.2, -0.15) is 5.10 Å². The highest BCUT2D eigenvalue weighted by atomic mass is 16.2. The summed E-state index contributed by atoms with van der Waals surface area (Å²) in [6.07, 6.45) is 0.660. The van der Waals surface area contributed by atoms with Crippen LogP contribution >= 0.6 is 0 Å². The Balaban J connectivity index is 1.60. The molecule has 0 aliphatic carbocycles. The highest BCUT2D eigenvalue weighted by molar-refractivity contribution is 5.95. The topological polar surface area (TPSA) is 110 Å². The van der Waals surface area contributed by atoms with E-state index >= 15 is 0 Å². The Morgan fingerprint density at radius 3 is 2.61 bits per heavy atom. The summed E-state index contributed by atoms with van der Waals surface area (Å²) in [7, 11) is 1.57. The summed E-state index contributed by atoms with van der Waals surface area (Å²) in [6, 6.07) is 15.7. The Kier molecular flexibility index (Phi) is 5.44.